The van der Waals surface area contributed by atoms with Gasteiger partial charge in [0.1, 0.15) is 6.04 Å². The number of likely N-dealkylation sites (N-methyl/N-ethyl adjacent to an activating group) is 1. The maximum atomic E-state index is 14.7. The lowest BCUT2D eigenvalue weighted by molar-refractivity contribution is -0.147. The SMILES string of the molecule is CC(C)NCCCC[C@@H]1NC(=O)CSC[C@@H](C(=O)C(C)C)NC(=O)[C@H](Cc2ccccc2)CC(=O)[C@@H]2CSSC[C@H](NC1=O)C(=O)C[C@@H](CCCN=C(N)N)C(=O)NCC(=O)C[C@@H](CC(=O)O)C(=O)N2C. The van der Waals surface area contributed by atoms with E-state index in [1.807, 2.05) is 13.8 Å². The number of fused-ring (bicyclic) bond motifs is 5. The van der Waals surface area contributed by atoms with E-state index in [4.69, 9.17) is 11.5 Å². The maximum Gasteiger partial charge on any atom is 0.304 e. The minimum Gasteiger partial charge on any atom is -0.481 e. The average Bonchev–Trinajstić information content (AvgIpc) is 3.31. The summed E-state index contributed by atoms with van der Waals surface area (Å²) in [6.45, 7) is 7.53. The summed E-state index contributed by atoms with van der Waals surface area (Å²) < 4.78 is 0. The number of aliphatic carboxylic acids is 1. The summed E-state index contributed by atoms with van der Waals surface area (Å²) in [5.74, 6) is -11.5. The second-order valence-corrected chi connectivity index (χ2v) is 22.2. The number of thioether (sulfide) groups is 1. The number of hydrogen-bond acceptors (Lipinski definition) is 15. The number of guanidine groups is 1. The Balaban J connectivity index is 2.20. The Bertz CT molecular complexity index is 2040. The molecule has 1 aromatic rings. The number of unbranched alkanes of at least 4 members (excludes halogenated alkanes) is 1. The van der Waals surface area contributed by atoms with Crippen LogP contribution in [-0.2, 0) is 54.4 Å². The molecule has 20 nitrogen and oxygen atoms in total. The highest BCUT2D eigenvalue weighted by Gasteiger charge is 2.38. The summed E-state index contributed by atoms with van der Waals surface area (Å²) in [6.07, 6.45) is -0.383. The molecule has 1 aromatic carbocycles. The fourth-order valence-electron chi connectivity index (χ4n) is 8.03. The zero-order valence-corrected chi connectivity index (χ0v) is 43.9. The highest BCUT2D eigenvalue weighted by atomic mass is 33.1. The summed E-state index contributed by atoms with van der Waals surface area (Å²) in [5, 5.41) is 24.2. The van der Waals surface area contributed by atoms with Gasteiger partial charge >= 0.3 is 5.97 Å². The number of benzene rings is 1. The molecule has 0 aromatic heterocycles. The molecule has 0 saturated carbocycles. The van der Waals surface area contributed by atoms with Crippen LogP contribution in [0.3, 0.4) is 0 Å². The van der Waals surface area contributed by atoms with Crippen LogP contribution < -0.4 is 38.1 Å². The number of hydrogen-bond donors (Lipinski definition) is 8. The zero-order chi connectivity index (χ0) is 52.6. The van der Waals surface area contributed by atoms with E-state index >= 15 is 0 Å². The second kappa shape index (κ2) is 31.5. The minimum absolute atomic E-state index is 0.0192. The van der Waals surface area contributed by atoms with Gasteiger partial charge in [0.05, 0.1) is 42.8 Å². The van der Waals surface area contributed by atoms with Crippen LogP contribution in [0.2, 0.25) is 0 Å². The Morgan fingerprint density at radius 2 is 1.49 bits per heavy atom. The molecular formula is C48H73N9O11S3. The number of carbonyl (C=O) groups is 10. The molecule has 5 amide bonds. The predicted molar refractivity (Wildman–Crippen MR) is 276 cm³/mol. The van der Waals surface area contributed by atoms with Crippen molar-refractivity contribution in [3.8, 4) is 0 Å². The topological polar surface area (TPSA) is 319 Å². The minimum atomic E-state index is -1.44. The molecule has 3 rings (SSSR count). The van der Waals surface area contributed by atoms with Crippen molar-refractivity contribution in [3.05, 3.63) is 35.9 Å². The lowest BCUT2D eigenvalue weighted by Crippen LogP contribution is -2.53. The molecule has 0 aliphatic carbocycles. The molecule has 7 atom stereocenters. The number of rotatable bonds is 16. The Labute approximate surface area is 428 Å². The van der Waals surface area contributed by atoms with Crippen molar-refractivity contribution in [2.75, 3.05) is 49.7 Å². The Hall–Kier alpha value is -5.00. The average molecular weight is 1050 g/mol. The quantitative estimate of drug-likeness (QED) is 0.0502. The van der Waals surface area contributed by atoms with Gasteiger partial charge in [-0.3, -0.25) is 52.9 Å². The number of nitrogens with one attached hydrogen (secondary N) is 5. The summed E-state index contributed by atoms with van der Waals surface area (Å²) in [5.41, 5.74) is 11.7. The van der Waals surface area contributed by atoms with Crippen molar-refractivity contribution in [1.82, 2.24) is 31.5 Å². The first-order valence-electron chi connectivity index (χ1n) is 24.1. The molecule has 2 aliphatic rings. The second-order valence-electron chi connectivity index (χ2n) is 18.6. The Kier molecular flexibility index (Phi) is 26.7. The molecule has 71 heavy (non-hydrogen) atoms. The zero-order valence-electron chi connectivity index (χ0n) is 41.4. The van der Waals surface area contributed by atoms with Crippen LogP contribution in [0.1, 0.15) is 91.0 Å². The number of carbonyl (C=O) groups excluding carboxylic acids is 9. The lowest BCUT2D eigenvalue weighted by Gasteiger charge is -2.31. The molecule has 2 heterocycles. The van der Waals surface area contributed by atoms with Gasteiger partial charge in [-0.25, -0.2) is 0 Å². The van der Waals surface area contributed by atoms with Gasteiger partial charge in [0, 0.05) is 73.9 Å². The number of ketones is 4. The van der Waals surface area contributed by atoms with Gasteiger partial charge in [-0.2, -0.15) is 0 Å². The number of aliphatic imine (C=N–C) groups is 1. The number of carboxylic acid groups (broad SMARTS) is 1. The summed E-state index contributed by atoms with van der Waals surface area (Å²) >= 11 is 1.07. The fraction of sp³-hybridized carbons (Fsp3) is 0.646. The first-order chi connectivity index (χ1) is 33.7. The van der Waals surface area contributed by atoms with Crippen LogP contribution in [-0.4, -0.2) is 155 Å². The van der Waals surface area contributed by atoms with Crippen molar-refractivity contribution >= 4 is 97.9 Å². The van der Waals surface area contributed by atoms with E-state index in [1.54, 1.807) is 44.2 Å². The van der Waals surface area contributed by atoms with Gasteiger partial charge < -0.3 is 48.1 Å². The molecule has 2 fully saturated rings. The summed E-state index contributed by atoms with van der Waals surface area (Å²) in [7, 11) is 3.50. The summed E-state index contributed by atoms with van der Waals surface area (Å²) in [4.78, 5) is 144. The normalized spacial score (nSPS) is 24.5. The van der Waals surface area contributed by atoms with Gasteiger partial charge in [0.15, 0.2) is 29.1 Å². The van der Waals surface area contributed by atoms with E-state index in [0.29, 0.717) is 24.9 Å². The van der Waals surface area contributed by atoms with Crippen LogP contribution in [0.15, 0.2) is 35.3 Å². The monoisotopic (exact) mass is 1050 g/mol. The van der Waals surface area contributed by atoms with Crippen LogP contribution in [0.4, 0.5) is 0 Å². The molecule has 23 heteroatoms. The van der Waals surface area contributed by atoms with Crippen molar-refractivity contribution < 1.29 is 53.1 Å². The fourth-order valence-corrected chi connectivity index (χ4v) is 11.4. The third-order valence-electron chi connectivity index (χ3n) is 12.0. The summed E-state index contributed by atoms with van der Waals surface area (Å²) in [6, 6.07) is 4.45. The third-order valence-corrected chi connectivity index (χ3v) is 15.4. The number of nitrogens with zero attached hydrogens (tertiary/aromatic N) is 2. The van der Waals surface area contributed by atoms with E-state index in [1.165, 1.54) is 7.05 Å². The Morgan fingerprint density at radius 3 is 2.15 bits per heavy atom. The molecule has 394 valence electrons. The maximum absolute atomic E-state index is 14.7. The molecular weight excluding hydrogens is 975 g/mol. The standard InChI is InChI=1S/C48H73N9O11S3/c1-28(2)43(64)37-24-69-27-41(61)54-35(15-9-10-16-51-29(3)4)46(67)55-36-25-70-71-26-38(40(60)21-32(45(66)56-37)18-30-12-7-6-8-13-30)57(5)47(68)33(22-42(62)63)19-34(58)23-53-44(65)31(20-39(36)59)14-11-17-52-48(49)50/h6-8,12-13,28-29,31-33,35-38,51H,9-11,14-27H2,1-5H3,(H,53,65)(H,54,61)(H,55,67)(H,56,66)(H,62,63)(H4,49,50,52)/t31-,32-,33+,35+,36+,37+,38+/m1/s1. The van der Waals surface area contributed by atoms with Crippen LogP contribution in [0, 0.1) is 23.7 Å². The number of nitrogens with two attached hydrogens (primary N) is 2. The molecule has 0 spiro atoms. The van der Waals surface area contributed by atoms with Crippen molar-refractivity contribution in [3.63, 3.8) is 0 Å². The van der Waals surface area contributed by atoms with Crippen molar-refractivity contribution in [2.24, 2.45) is 40.1 Å². The van der Waals surface area contributed by atoms with E-state index in [0.717, 1.165) is 38.2 Å². The molecule has 0 radical (unpaired) electrons. The van der Waals surface area contributed by atoms with Gasteiger partial charge in [0.25, 0.3) is 0 Å². The number of Topliss-reactive ketones (excluding diaryl/α,β-unsaturated/α-hetero) is 4. The number of amides is 5. The highest BCUT2D eigenvalue weighted by molar-refractivity contribution is 8.76. The van der Waals surface area contributed by atoms with E-state index in [9.17, 15) is 53.1 Å². The third kappa shape index (κ3) is 22.1. The van der Waals surface area contributed by atoms with Crippen molar-refractivity contribution in [2.45, 2.75) is 122 Å². The Morgan fingerprint density at radius 1 is 0.803 bits per heavy atom. The van der Waals surface area contributed by atoms with Gasteiger partial charge in [-0.15, -0.1) is 11.8 Å². The molecule has 2 aliphatic heterocycles. The van der Waals surface area contributed by atoms with E-state index < -0.39 is 133 Å². The van der Waals surface area contributed by atoms with Crippen LogP contribution in [0.5, 0.6) is 0 Å². The van der Waals surface area contributed by atoms with Gasteiger partial charge in [-0.1, -0.05) is 79.6 Å². The predicted octanol–water partition coefficient (Wildman–Crippen LogP) is 1.42. The number of carboxylic acids is 1. The smallest absolute Gasteiger partial charge is 0.304 e. The molecule has 10 N–H and O–H groups in total. The van der Waals surface area contributed by atoms with Gasteiger partial charge in [-0.05, 0) is 50.6 Å². The largest absolute Gasteiger partial charge is 0.481 e. The first-order valence-corrected chi connectivity index (χ1v) is 27.7. The molecule has 0 unspecified atom stereocenters. The first kappa shape index (κ1) is 60.3. The van der Waals surface area contributed by atoms with Gasteiger partial charge in [0.2, 0.25) is 29.5 Å². The van der Waals surface area contributed by atoms with E-state index in [-0.39, 0.29) is 73.0 Å². The van der Waals surface area contributed by atoms with E-state index in [2.05, 4.69) is 31.6 Å². The highest BCUT2D eigenvalue weighted by Crippen LogP contribution is 2.29. The van der Waals surface area contributed by atoms with Crippen LogP contribution in [0.25, 0.3) is 0 Å². The molecule has 2 bridgehead atoms. The molecule has 2 saturated heterocycles. The lowest BCUT2D eigenvalue weighted by atomic mass is 9.90. The van der Waals surface area contributed by atoms with Crippen molar-refractivity contribution in [1.29, 1.82) is 0 Å². The van der Waals surface area contributed by atoms with Crippen LogP contribution >= 0.6 is 33.3 Å².